The molecule has 4 aliphatic rings. The number of pyridine rings is 1. The number of likely N-dealkylation sites (tertiary alicyclic amines) is 2. The molecule has 0 spiro atoms. The van der Waals surface area contributed by atoms with Crippen molar-refractivity contribution in [2.45, 2.75) is 62.0 Å². The van der Waals surface area contributed by atoms with Crippen molar-refractivity contribution in [1.29, 1.82) is 0 Å². The summed E-state index contributed by atoms with van der Waals surface area (Å²) in [6, 6.07) is 13.0. The lowest BCUT2D eigenvalue weighted by Crippen LogP contribution is -2.71. The predicted molar refractivity (Wildman–Crippen MR) is 130 cm³/mol. The normalized spacial score (nSPS) is 32.0. The number of piperidine rings is 1. The number of methoxy groups -OCH3 is 1. The average molecular weight is 448 g/mol. The zero-order valence-corrected chi connectivity index (χ0v) is 19.9. The molecule has 33 heavy (non-hydrogen) atoms. The van der Waals surface area contributed by atoms with E-state index in [9.17, 15) is 5.11 Å². The Balaban J connectivity index is 1.32. The number of hydrogen-bond donors (Lipinski definition) is 1. The first-order valence-corrected chi connectivity index (χ1v) is 12.9. The number of hydrogen-bond acceptors (Lipinski definition) is 5. The van der Waals surface area contributed by atoms with Crippen LogP contribution in [0, 0.1) is 5.92 Å². The van der Waals surface area contributed by atoms with Gasteiger partial charge < -0.3 is 14.7 Å². The van der Waals surface area contributed by atoms with Crippen LogP contribution in [0.25, 0.3) is 0 Å². The minimum absolute atomic E-state index is 0.181. The topological polar surface area (TPSA) is 48.8 Å². The van der Waals surface area contributed by atoms with E-state index in [4.69, 9.17) is 4.74 Å². The summed E-state index contributed by atoms with van der Waals surface area (Å²) < 4.78 is 5.64. The molecule has 0 radical (unpaired) electrons. The van der Waals surface area contributed by atoms with Crippen molar-refractivity contribution in [2.75, 3.05) is 39.8 Å². The monoisotopic (exact) mass is 447 g/mol. The second kappa shape index (κ2) is 8.37. The first kappa shape index (κ1) is 21.6. The maximum atomic E-state index is 12.6. The maximum Gasteiger partial charge on any atom is 0.119 e. The summed E-state index contributed by atoms with van der Waals surface area (Å²) in [5, 5.41) is 12.6. The first-order chi connectivity index (χ1) is 16.1. The van der Waals surface area contributed by atoms with Crippen LogP contribution in [0.4, 0.5) is 0 Å². The molecular formula is C28H37N3O2. The fourth-order valence-corrected chi connectivity index (χ4v) is 7.07. The first-order valence-electron chi connectivity index (χ1n) is 12.9. The van der Waals surface area contributed by atoms with E-state index in [0.29, 0.717) is 0 Å². The van der Waals surface area contributed by atoms with Crippen LogP contribution in [0.15, 0.2) is 42.6 Å². The Morgan fingerprint density at radius 3 is 2.73 bits per heavy atom. The van der Waals surface area contributed by atoms with Crippen LogP contribution >= 0.6 is 0 Å². The van der Waals surface area contributed by atoms with Gasteiger partial charge in [0.2, 0.25) is 0 Å². The van der Waals surface area contributed by atoms with Gasteiger partial charge in [0, 0.05) is 49.4 Å². The fraction of sp³-hybridized carbons (Fsp3) is 0.607. The quantitative estimate of drug-likeness (QED) is 0.735. The molecule has 1 saturated carbocycles. The lowest BCUT2D eigenvalue weighted by Gasteiger charge is -2.61. The lowest BCUT2D eigenvalue weighted by molar-refractivity contribution is -0.149. The molecule has 1 N–H and O–H groups in total. The molecule has 3 fully saturated rings. The molecule has 2 saturated heterocycles. The zero-order valence-electron chi connectivity index (χ0n) is 19.9. The standard InChI is InChI=1S/C28H37N3O2/c1-33-24-8-7-22-18-26-28(32)12-16-30(14-9-23-4-2-3-13-29-23)15-10-27(28,25(22)19-24)11-17-31(26)20-21-5-6-21/h2-4,7-8,13,19,21,26,32H,5-6,9-12,14-18,20H2,1H3/t26-,27+,28-/m1/s1. The van der Waals surface area contributed by atoms with Gasteiger partial charge in [0.1, 0.15) is 5.75 Å². The smallest absolute Gasteiger partial charge is 0.119 e. The van der Waals surface area contributed by atoms with Crippen LogP contribution in [0.5, 0.6) is 5.75 Å². The molecule has 1 aromatic carbocycles. The Kier molecular flexibility index (Phi) is 5.47. The van der Waals surface area contributed by atoms with Crippen molar-refractivity contribution >= 4 is 0 Å². The number of benzene rings is 1. The van der Waals surface area contributed by atoms with Crippen LogP contribution in [0.1, 0.15) is 48.9 Å². The third-order valence-corrected chi connectivity index (χ3v) is 9.16. The molecule has 3 atom stereocenters. The minimum atomic E-state index is -0.681. The molecule has 2 bridgehead atoms. The molecule has 1 aromatic heterocycles. The summed E-state index contributed by atoms with van der Waals surface area (Å²) in [6.07, 6.45) is 9.43. The van der Waals surface area contributed by atoms with Gasteiger partial charge >= 0.3 is 0 Å². The number of rotatable bonds is 6. The highest BCUT2D eigenvalue weighted by Crippen LogP contribution is 2.56. The van der Waals surface area contributed by atoms with Gasteiger partial charge in [-0.05, 0) is 92.9 Å². The van der Waals surface area contributed by atoms with Crippen LogP contribution in [-0.4, -0.2) is 71.4 Å². The Labute approximate surface area is 197 Å². The van der Waals surface area contributed by atoms with Crippen LogP contribution < -0.4 is 4.74 Å². The predicted octanol–water partition coefficient (Wildman–Crippen LogP) is 3.44. The van der Waals surface area contributed by atoms with E-state index in [1.165, 1.54) is 24.0 Å². The molecule has 5 heteroatoms. The van der Waals surface area contributed by atoms with E-state index in [0.717, 1.165) is 82.2 Å². The van der Waals surface area contributed by atoms with E-state index in [1.807, 2.05) is 12.3 Å². The van der Waals surface area contributed by atoms with Crippen LogP contribution in [0.2, 0.25) is 0 Å². The van der Waals surface area contributed by atoms with Gasteiger partial charge in [0.05, 0.1) is 12.7 Å². The molecule has 176 valence electrons. The van der Waals surface area contributed by atoms with Crippen LogP contribution in [0.3, 0.4) is 0 Å². The van der Waals surface area contributed by atoms with Gasteiger partial charge in [0.15, 0.2) is 0 Å². The Hall–Kier alpha value is -1.95. The lowest BCUT2D eigenvalue weighted by atomic mass is 9.52. The van der Waals surface area contributed by atoms with Crippen molar-refractivity contribution in [1.82, 2.24) is 14.8 Å². The van der Waals surface area contributed by atoms with E-state index in [-0.39, 0.29) is 11.5 Å². The Bertz CT molecular complexity index is 994. The summed E-state index contributed by atoms with van der Waals surface area (Å²) >= 11 is 0. The molecule has 2 aliphatic carbocycles. The van der Waals surface area contributed by atoms with Crippen molar-refractivity contribution in [3.8, 4) is 5.75 Å². The van der Waals surface area contributed by atoms with E-state index in [1.54, 1.807) is 7.11 Å². The molecule has 0 unspecified atom stereocenters. The highest BCUT2D eigenvalue weighted by molar-refractivity contribution is 5.48. The van der Waals surface area contributed by atoms with Crippen molar-refractivity contribution < 1.29 is 9.84 Å². The molecule has 3 heterocycles. The second-order valence-corrected chi connectivity index (χ2v) is 10.9. The maximum absolute atomic E-state index is 12.6. The number of ether oxygens (including phenoxy) is 1. The third-order valence-electron chi connectivity index (χ3n) is 9.16. The van der Waals surface area contributed by atoms with Gasteiger partial charge in [-0.3, -0.25) is 9.88 Å². The number of fused-ring (bicyclic) bond motifs is 1. The van der Waals surface area contributed by atoms with Crippen molar-refractivity contribution in [3.63, 3.8) is 0 Å². The number of aliphatic hydroxyl groups is 1. The van der Waals surface area contributed by atoms with Gasteiger partial charge in [-0.25, -0.2) is 0 Å². The molecule has 5 nitrogen and oxygen atoms in total. The largest absolute Gasteiger partial charge is 0.497 e. The van der Waals surface area contributed by atoms with Crippen molar-refractivity contribution in [3.05, 3.63) is 59.4 Å². The molecular weight excluding hydrogens is 410 g/mol. The molecule has 0 amide bonds. The van der Waals surface area contributed by atoms with Crippen LogP contribution in [-0.2, 0) is 18.3 Å². The minimum Gasteiger partial charge on any atom is -0.497 e. The highest BCUT2D eigenvalue weighted by Gasteiger charge is 2.63. The number of aromatic nitrogens is 1. The molecule has 2 aliphatic heterocycles. The molecule has 2 aromatic rings. The summed E-state index contributed by atoms with van der Waals surface area (Å²) in [6.45, 7) is 5.26. The van der Waals surface area contributed by atoms with Gasteiger partial charge in [-0.2, -0.15) is 0 Å². The fourth-order valence-electron chi connectivity index (χ4n) is 7.07. The van der Waals surface area contributed by atoms with E-state index in [2.05, 4.69) is 45.1 Å². The van der Waals surface area contributed by atoms with Gasteiger partial charge in [-0.15, -0.1) is 0 Å². The van der Waals surface area contributed by atoms with Crippen molar-refractivity contribution in [2.24, 2.45) is 5.92 Å². The zero-order chi connectivity index (χ0) is 22.5. The summed E-state index contributed by atoms with van der Waals surface area (Å²) in [7, 11) is 1.75. The Morgan fingerprint density at radius 2 is 1.94 bits per heavy atom. The summed E-state index contributed by atoms with van der Waals surface area (Å²) in [5.74, 6) is 1.76. The number of nitrogens with zero attached hydrogens (tertiary/aromatic N) is 3. The highest BCUT2D eigenvalue weighted by atomic mass is 16.5. The SMILES string of the molecule is COc1ccc2c(c1)[C@@]13CCN(CCc4ccccn4)CC[C@@]1(O)[C@@H](C2)N(CC1CC1)CC3. The summed E-state index contributed by atoms with van der Waals surface area (Å²) in [5.41, 5.74) is 3.07. The van der Waals surface area contributed by atoms with Gasteiger partial charge in [0.25, 0.3) is 0 Å². The second-order valence-electron chi connectivity index (χ2n) is 10.9. The Morgan fingerprint density at radius 1 is 1.09 bits per heavy atom. The molecule has 6 rings (SSSR count). The van der Waals surface area contributed by atoms with E-state index < -0.39 is 5.60 Å². The summed E-state index contributed by atoms with van der Waals surface area (Å²) in [4.78, 5) is 9.75. The van der Waals surface area contributed by atoms with Gasteiger partial charge in [-0.1, -0.05) is 12.1 Å². The average Bonchev–Trinajstić information content (AvgIpc) is 3.67. The van der Waals surface area contributed by atoms with E-state index >= 15 is 0 Å². The third kappa shape index (κ3) is 3.69.